The molecular formula is C17H20FN7. The number of hydrogen-bond acceptors (Lipinski definition) is 5. The molecule has 1 fully saturated rings. The second kappa shape index (κ2) is 6.89. The summed E-state index contributed by atoms with van der Waals surface area (Å²) in [5.74, 6) is 0.995. The quantitative estimate of drug-likeness (QED) is 0.508. The molecule has 7 nitrogen and oxygen atoms in total. The van der Waals surface area contributed by atoms with E-state index in [0.717, 1.165) is 5.82 Å². The van der Waals surface area contributed by atoms with Crippen molar-refractivity contribution in [3.05, 3.63) is 30.2 Å². The first-order valence-electron chi connectivity index (χ1n) is 8.15. The first-order chi connectivity index (χ1) is 12.0. The normalized spacial score (nSPS) is 18.7. The number of hydrogen-bond donors (Lipinski definition) is 1. The van der Waals surface area contributed by atoms with Crippen molar-refractivity contribution < 1.29 is 4.39 Å². The number of benzene rings is 1. The fraction of sp³-hybridized carbons (Fsp3) is 0.412. The second-order valence-corrected chi connectivity index (χ2v) is 6.38. The van der Waals surface area contributed by atoms with Gasteiger partial charge >= 0.3 is 0 Å². The van der Waals surface area contributed by atoms with Crippen LogP contribution >= 0.6 is 0 Å². The summed E-state index contributed by atoms with van der Waals surface area (Å²) in [6, 6.07) is 4.50. The average Bonchev–Trinajstić information content (AvgIpc) is 2.61. The third-order valence-corrected chi connectivity index (χ3v) is 4.46. The van der Waals surface area contributed by atoms with E-state index in [2.05, 4.69) is 33.7 Å². The molecule has 0 amide bonds. The number of piperazine rings is 1. The van der Waals surface area contributed by atoms with E-state index >= 15 is 0 Å². The maximum atomic E-state index is 13.3. The SMILES string of the molecule is CC(C)C1CN(c2cnc3cc(F)ccc3n2)CCN1C(N)=NC#N. The number of anilines is 1. The van der Waals surface area contributed by atoms with Crippen LogP contribution in [-0.2, 0) is 0 Å². The number of nitrogens with two attached hydrogens (primary N) is 1. The van der Waals surface area contributed by atoms with Crippen molar-refractivity contribution in [2.75, 3.05) is 24.5 Å². The molecule has 1 atom stereocenters. The molecule has 2 aromatic rings. The van der Waals surface area contributed by atoms with E-state index in [4.69, 9.17) is 11.0 Å². The van der Waals surface area contributed by atoms with Crippen LogP contribution in [0.15, 0.2) is 29.4 Å². The van der Waals surface area contributed by atoms with Gasteiger partial charge < -0.3 is 15.5 Å². The zero-order valence-electron chi connectivity index (χ0n) is 14.2. The Bertz CT molecular complexity index is 842. The fourth-order valence-electron chi connectivity index (χ4n) is 3.12. The molecule has 1 aliphatic rings. The molecule has 130 valence electrons. The van der Waals surface area contributed by atoms with Gasteiger partial charge in [0.2, 0.25) is 12.2 Å². The van der Waals surface area contributed by atoms with E-state index in [1.165, 1.54) is 12.1 Å². The molecule has 1 aromatic carbocycles. The summed E-state index contributed by atoms with van der Waals surface area (Å²) in [6.07, 6.45) is 3.41. The van der Waals surface area contributed by atoms with Crippen LogP contribution in [0.4, 0.5) is 10.2 Å². The van der Waals surface area contributed by atoms with E-state index in [9.17, 15) is 4.39 Å². The molecule has 2 N–H and O–H groups in total. The zero-order chi connectivity index (χ0) is 18.0. The van der Waals surface area contributed by atoms with Crippen LogP contribution in [-0.4, -0.2) is 46.5 Å². The summed E-state index contributed by atoms with van der Waals surface area (Å²) in [4.78, 5) is 16.7. The molecule has 0 aliphatic carbocycles. The van der Waals surface area contributed by atoms with Crippen molar-refractivity contribution >= 4 is 22.8 Å². The number of halogens is 1. The summed E-state index contributed by atoms with van der Waals surface area (Å²) < 4.78 is 13.3. The van der Waals surface area contributed by atoms with Crippen LogP contribution in [0.5, 0.6) is 0 Å². The number of rotatable bonds is 2. The van der Waals surface area contributed by atoms with E-state index in [1.807, 2.05) is 4.90 Å². The lowest BCUT2D eigenvalue weighted by Gasteiger charge is -2.44. The van der Waals surface area contributed by atoms with Crippen molar-refractivity contribution in [3.8, 4) is 6.19 Å². The molecule has 0 radical (unpaired) electrons. The lowest BCUT2D eigenvalue weighted by molar-refractivity contribution is 0.222. The Kier molecular flexibility index (Phi) is 4.65. The van der Waals surface area contributed by atoms with E-state index in [1.54, 1.807) is 18.5 Å². The maximum absolute atomic E-state index is 13.3. The van der Waals surface area contributed by atoms with E-state index in [0.29, 0.717) is 36.6 Å². The van der Waals surface area contributed by atoms with E-state index in [-0.39, 0.29) is 17.8 Å². The fourth-order valence-corrected chi connectivity index (χ4v) is 3.12. The Morgan fingerprint density at radius 2 is 2.20 bits per heavy atom. The summed E-state index contributed by atoms with van der Waals surface area (Å²) in [5, 5.41) is 8.74. The highest BCUT2D eigenvalue weighted by atomic mass is 19.1. The molecule has 1 aromatic heterocycles. The summed E-state index contributed by atoms with van der Waals surface area (Å²) in [6.45, 7) is 6.24. The predicted molar refractivity (Wildman–Crippen MR) is 94.3 cm³/mol. The van der Waals surface area contributed by atoms with Gasteiger partial charge in [0.25, 0.3) is 0 Å². The first-order valence-corrected chi connectivity index (χ1v) is 8.15. The largest absolute Gasteiger partial charge is 0.369 e. The van der Waals surface area contributed by atoms with Gasteiger partial charge in [-0.15, -0.1) is 4.99 Å². The molecule has 0 bridgehead atoms. The van der Waals surface area contributed by atoms with Crippen LogP contribution in [0, 0.1) is 23.2 Å². The monoisotopic (exact) mass is 341 g/mol. The lowest BCUT2D eigenvalue weighted by atomic mass is 10.00. The Morgan fingerprint density at radius 3 is 2.92 bits per heavy atom. The average molecular weight is 341 g/mol. The Labute approximate surface area is 145 Å². The standard InChI is InChI=1S/C17H20FN7/c1-11(2)15-9-24(5-6-25(15)17(20)22-10-19)16-8-21-14-7-12(18)3-4-13(14)23-16/h3-4,7-8,11,15H,5-6,9H2,1-2H3,(H2,20,22). The summed E-state index contributed by atoms with van der Waals surface area (Å²) in [7, 11) is 0. The topological polar surface area (TPSA) is 94.4 Å². The van der Waals surface area contributed by atoms with Crippen molar-refractivity contribution in [2.45, 2.75) is 19.9 Å². The molecular weight excluding hydrogens is 321 g/mol. The molecule has 0 saturated carbocycles. The molecule has 1 saturated heterocycles. The third kappa shape index (κ3) is 3.45. The lowest BCUT2D eigenvalue weighted by Crippen LogP contribution is -2.59. The minimum atomic E-state index is -0.324. The van der Waals surface area contributed by atoms with Gasteiger partial charge in [0.1, 0.15) is 11.6 Å². The molecule has 1 aliphatic heterocycles. The molecule has 25 heavy (non-hydrogen) atoms. The molecule has 8 heteroatoms. The Balaban J connectivity index is 1.86. The molecule has 2 heterocycles. The van der Waals surface area contributed by atoms with Crippen LogP contribution < -0.4 is 10.6 Å². The van der Waals surface area contributed by atoms with Gasteiger partial charge in [0.15, 0.2) is 0 Å². The number of aliphatic imine (C=N–C) groups is 1. The Morgan fingerprint density at radius 1 is 1.40 bits per heavy atom. The minimum absolute atomic E-state index is 0.108. The van der Waals surface area contributed by atoms with Gasteiger partial charge in [-0.25, -0.2) is 9.37 Å². The highest BCUT2D eigenvalue weighted by Gasteiger charge is 2.31. The zero-order valence-corrected chi connectivity index (χ0v) is 14.2. The van der Waals surface area contributed by atoms with Gasteiger partial charge in [-0.05, 0) is 18.1 Å². The summed E-state index contributed by atoms with van der Waals surface area (Å²) in [5.41, 5.74) is 7.13. The van der Waals surface area contributed by atoms with Gasteiger partial charge in [0.05, 0.1) is 23.3 Å². The number of nitrogens with zero attached hydrogens (tertiary/aromatic N) is 6. The molecule has 0 spiro atoms. The van der Waals surface area contributed by atoms with Crippen LogP contribution in [0.3, 0.4) is 0 Å². The van der Waals surface area contributed by atoms with Gasteiger partial charge in [-0.3, -0.25) is 4.98 Å². The third-order valence-electron chi connectivity index (χ3n) is 4.46. The Hall–Kier alpha value is -2.95. The number of fused-ring (bicyclic) bond motifs is 1. The van der Waals surface area contributed by atoms with Crippen LogP contribution in [0.2, 0.25) is 0 Å². The number of guanidine groups is 1. The summed E-state index contributed by atoms with van der Waals surface area (Å²) >= 11 is 0. The van der Waals surface area contributed by atoms with Crippen molar-refractivity contribution in [3.63, 3.8) is 0 Å². The first kappa shape index (κ1) is 16.9. The smallest absolute Gasteiger partial charge is 0.209 e. The van der Waals surface area contributed by atoms with Gasteiger partial charge in [-0.1, -0.05) is 13.8 Å². The van der Waals surface area contributed by atoms with Crippen molar-refractivity contribution in [1.82, 2.24) is 14.9 Å². The van der Waals surface area contributed by atoms with Crippen LogP contribution in [0.25, 0.3) is 11.0 Å². The van der Waals surface area contributed by atoms with Crippen LogP contribution in [0.1, 0.15) is 13.8 Å². The maximum Gasteiger partial charge on any atom is 0.209 e. The second-order valence-electron chi connectivity index (χ2n) is 6.38. The number of aromatic nitrogens is 2. The molecule has 3 rings (SSSR count). The van der Waals surface area contributed by atoms with Gasteiger partial charge in [-0.2, -0.15) is 5.26 Å². The highest BCUT2D eigenvalue weighted by molar-refractivity contribution is 5.80. The number of nitriles is 1. The van der Waals surface area contributed by atoms with Crippen molar-refractivity contribution in [2.24, 2.45) is 16.6 Å². The van der Waals surface area contributed by atoms with Gasteiger partial charge in [0, 0.05) is 25.7 Å². The van der Waals surface area contributed by atoms with Crippen molar-refractivity contribution in [1.29, 1.82) is 5.26 Å². The highest BCUT2D eigenvalue weighted by Crippen LogP contribution is 2.22. The predicted octanol–water partition coefficient (Wildman–Crippen LogP) is 1.71. The minimum Gasteiger partial charge on any atom is -0.369 e. The molecule has 1 unspecified atom stereocenters. The van der Waals surface area contributed by atoms with E-state index < -0.39 is 0 Å².